The maximum Gasteiger partial charge on any atom is 0.153 e. The number of hydrogen-bond acceptors (Lipinski definition) is 2. The zero-order valence-electron chi connectivity index (χ0n) is 9.01. The highest BCUT2D eigenvalue weighted by Crippen LogP contribution is 2.26. The molecular formula is C14H12O2. The van der Waals surface area contributed by atoms with E-state index in [1.165, 1.54) is 0 Å². The van der Waals surface area contributed by atoms with Gasteiger partial charge >= 0.3 is 0 Å². The average Bonchev–Trinajstić information content (AvgIpc) is 2.33. The Balaban J connectivity index is 2.34. The predicted octanol–water partition coefficient (Wildman–Crippen LogP) is 3.60. The molecule has 0 saturated carbocycles. The third-order valence-electron chi connectivity index (χ3n) is 2.36. The van der Waals surface area contributed by atoms with Gasteiger partial charge in [-0.15, -0.1) is 0 Å². The van der Waals surface area contributed by atoms with E-state index in [9.17, 15) is 4.79 Å². The van der Waals surface area contributed by atoms with Gasteiger partial charge in [0.05, 0.1) is 5.56 Å². The zero-order valence-corrected chi connectivity index (χ0v) is 9.01. The van der Waals surface area contributed by atoms with E-state index in [1.807, 2.05) is 43.3 Å². The number of para-hydroxylation sites is 2. The van der Waals surface area contributed by atoms with Gasteiger partial charge in [-0.05, 0) is 30.7 Å². The van der Waals surface area contributed by atoms with E-state index < -0.39 is 0 Å². The summed E-state index contributed by atoms with van der Waals surface area (Å²) in [5.74, 6) is 1.36. The standard InChI is InChI=1S/C14H12O2/c1-11-6-2-4-8-13(11)16-14-9-5-3-7-12(14)10-15/h2-10H,1H3. The Morgan fingerprint density at radius 1 is 0.938 bits per heavy atom. The van der Waals surface area contributed by atoms with Gasteiger partial charge in [-0.1, -0.05) is 30.3 Å². The van der Waals surface area contributed by atoms with E-state index >= 15 is 0 Å². The van der Waals surface area contributed by atoms with Crippen LogP contribution in [-0.2, 0) is 0 Å². The van der Waals surface area contributed by atoms with Crippen molar-refractivity contribution < 1.29 is 9.53 Å². The fourth-order valence-corrected chi connectivity index (χ4v) is 1.46. The van der Waals surface area contributed by atoms with Gasteiger partial charge < -0.3 is 4.74 Å². The molecule has 2 heteroatoms. The summed E-state index contributed by atoms with van der Waals surface area (Å²) >= 11 is 0. The van der Waals surface area contributed by atoms with Crippen LogP contribution >= 0.6 is 0 Å². The number of aldehydes is 1. The van der Waals surface area contributed by atoms with Crippen molar-refractivity contribution in [2.45, 2.75) is 6.92 Å². The lowest BCUT2D eigenvalue weighted by Crippen LogP contribution is -1.91. The smallest absolute Gasteiger partial charge is 0.153 e. The summed E-state index contributed by atoms with van der Waals surface area (Å²) in [7, 11) is 0. The highest BCUT2D eigenvalue weighted by Gasteiger charge is 2.04. The van der Waals surface area contributed by atoms with Gasteiger partial charge in [0.2, 0.25) is 0 Å². The zero-order chi connectivity index (χ0) is 11.4. The van der Waals surface area contributed by atoms with E-state index in [0.29, 0.717) is 11.3 Å². The van der Waals surface area contributed by atoms with Crippen molar-refractivity contribution in [1.29, 1.82) is 0 Å². The summed E-state index contributed by atoms with van der Waals surface area (Å²) in [6, 6.07) is 14.9. The number of benzene rings is 2. The molecule has 0 aromatic heterocycles. The van der Waals surface area contributed by atoms with Gasteiger partial charge in [-0.25, -0.2) is 0 Å². The molecule has 16 heavy (non-hydrogen) atoms. The van der Waals surface area contributed by atoms with Crippen LogP contribution in [0.5, 0.6) is 11.5 Å². The van der Waals surface area contributed by atoms with Crippen LogP contribution in [0.2, 0.25) is 0 Å². The molecule has 0 saturated heterocycles. The second-order valence-electron chi connectivity index (χ2n) is 3.52. The fraction of sp³-hybridized carbons (Fsp3) is 0.0714. The van der Waals surface area contributed by atoms with Crippen LogP contribution in [-0.4, -0.2) is 6.29 Å². The first-order chi connectivity index (χ1) is 7.81. The normalized spacial score (nSPS) is 9.81. The van der Waals surface area contributed by atoms with E-state index in [2.05, 4.69) is 0 Å². The molecule has 80 valence electrons. The summed E-state index contributed by atoms with van der Waals surface area (Å²) in [6.45, 7) is 1.97. The van der Waals surface area contributed by atoms with E-state index in [4.69, 9.17) is 4.74 Å². The Hall–Kier alpha value is -2.09. The quantitative estimate of drug-likeness (QED) is 0.726. The van der Waals surface area contributed by atoms with Crippen molar-refractivity contribution in [3.63, 3.8) is 0 Å². The predicted molar refractivity (Wildman–Crippen MR) is 63.1 cm³/mol. The van der Waals surface area contributed by atoms with Crippen LogP contribution in [0, 0.1) is 6.92 Å². The molecule has 0 aliphatic heterocycles. The Labute approximate surface area is 94.5 Å². The number of aryl methyl sites for hydroxylation is 1. The molecule has 2 aromatic carbocycles. The average molecular weight is 212 g/mol. The maximum atomic E-state index is 10.8. The highest BCUT2D eigenvalue weighted by atomic mass is 16.5. The number of carbonyl (C=O) groups excluding carboxylic acids is 1. The highest BCUT2D eigenvalue weighted by molar-refractivity contribution is 5.79. The maximum absolute atomic E-state index is 10.8. The third kappa shape index (κ3) is 2.11. The molecule has 2 nitrogen and oxygen atoms in total. The Kier molecular flexibility index (Phi) is 3.01. The van der Waals surface area contributed by atoms with Gasteiger partial charge in [-0.2, -0.15) is 0 Å². The molecule has 0 spiro atoms. The van der Waals surface area contributed by atoms with Crippen LogP contribution in [0.4, 0.5) is 0 Å². The van der Waals surface area contributed by atoms with E-state index in [0.717, 1.165) is 17.6 Å². The first kappa shape index (κ1) is 10.4. The molecule has 2 aromatic rings. The molecular weight excluding hydrogens is 200 g/mol. The molecule has 0 amide bonds. The molecule has 2 rings (SSSR count). The van der Waals surface area contributed by atoms with E-state index in [-0.39, 0.29) is 0 Å². The van der Waals surface area contributed by atoms with Gasteiger partial charge in [-0.3, -0.25) is 4.79 Å². The molecule has 0 N–H and O–H groups in total. The Bertz CT molecular complexity index is 504. The fourth-order valence-electron chi connectivity index (χ4n) is 1.46. The summed E-state index contributed by atoms with van der Waals surface area (Å²) in [5.41, 5.74) is 1.61. The number of rotatable bonds is 3. The lowest BCUT2D eigenvalue weighted by atomic mass is 10.2. The molecule has 0 bridgehead atoms. The van der Waals surface area contributed by atoms with Crippen molar-refractivity contribution in [2.75, 3.05) is 0 Å². The first-order valence-corrected chi connectivity index (χ1v) is 5.09. The molecule has 0 fully saturated rings. The summed E-state index contributed by atoms with van der Waals surface area (Å²) in [4.78, 5) is 10.8. The van der Waals surface area contributed by atoms with Crippen molar-refractivity contribution in [3.05, 3.63) is 59.7 Å². The second kappa shape index (κ2) is 4.62. The van der Waals surface area contributed by atoms with Crippen molar-refractivity contribution >= 4 is 6.29 Å². The lowest BCUT2D eigenvalue weighted by molar-refractivity contribution is 0.112. The van der Waals surface area contributed by atoms with Crippen molar-refractivity contribution in [1.82, 2.24) is 0 Å². The molecule has 0 aliphatic rings. The Morgan fingerprint density at radius 2 is 1.56 bits per heavy atom. The molecule has 0 unspecified atom stereocenters. The van der Waals surface area contributed by atoms with Gasteiger partial charge in [0.25, 0.3) is 0 Å². The minimum absolute atomic E-state index is 0.561. The molecule has 0 heterocycles. The molecule has 0 aliphatic carbocycles. The second-order valence-corrected chi connectivity index (χ2v) is 3.52. The van der Waals surface area contributed by atoms with Crippen LogP contribution in [0.1, 0.15) is 15.9 Å². The number of hydrogen-bond donors (Lipinski definition) is 0. The monoisotopic (exact) mass is 212 g/mol. The first-order valence-electron chi connectivity index (χ1n) is 5.09. The summed E-state index contributed by atoms with van der Waals surface area (Å²) in [6.07, 6.45) is 0.799. The van der Waals surface area contributed by atoms with Crippen molar-refractivity contribution in [2.24, 2.45) is 0 Å². The van der Waals surface area contributed by atoms with E-state index in [1.54, 1.807) is 12.1 Å². The SMILES string of the molecule is Cc1ccccc1Oc1ccccc1C=O. The van der Waals surface area contributed by atoms with Crippen LogP contribution in [0.15, 0.2) is 48.5 Å². The topological polar surface area (TPSA) is 26.3 Å². The van der Waals surface area contributed by atoms with Crippen LogP contribution in [0.3, 0.4) is 0 Å². The minimum Gasteiger partial charge on any atom is -0.456 e. The Morgan fingerprint density at radius 3 is 2.25 bits per heavy atom. The van der Waals surface area contributed by atoms with Gasteiger partial charge in [0.1, 0.15) is 11.5 Å². The number of ether oxygens (including phenoxy) is 1. The molecule has 0 atom stereocenters. The summed E-state index contributed by atoms with van der Waals surface area (Å²) in [5, 5.41) is 0. The lowest BCUT2D eigenvalue weighted by Gasteiger charge is -2.09. The summed E-state index contributed by atoms with van der Waals surface area (Å²) < 4.78 is 5.70. The minimum atomic E-state index is 0.561. The largest absolute Gasteiger partial charge is 0.456 e. The third-order valence-corrected chi connectivity index (χ3v) is 2.36. The van der Waals surface area contributed by atoms with Crippen molar-refractivity contribution in [3.8, 4) is 11.5 Å². The molecule has 0 radical (unpaired) electrons. The van der Waals surface area contributed by atoms with Crippen LogP contribution < -0.4 is 4.74 Å². The van der Waals surface area contributed by atoms with Crippen LogP contribution in [0.25, 0.3) is 0 Å². The number of carbonyl (C=O) groups is 1. The van der Waals surface area contributed by atoms with Gasteiger partial charge in [0, 0.05) is 0 Å². The van der Waals surface area contributed by atoms with Gasteiger partial charge in [0.15, 0.2) is 6.29 Å².